The maximum absolute atomic E-state index is 10.9. The number of phenolic OH excluding ortho intramolecular Hbond substituents is 1. The molecular formula is C11H15NO3. The van der Waals surface area contributed by atoms with Gasteiger partial charge in [0.15, 0.2) is 0 Å². The molecule has 15 heavy (non-hydrogen) atoms. The van der Waals surface area contributed by atoms with E-state index in [4.69, 9.17) is 15.9 Å². The van der Waals surface area contributed by atoms with Gasteiger partial charge >= 0.3 is 5.97 Å². The molecule has 0 unspecified atom stereocenters. The molecule has 0 heterocycles. The molecule has 0 saturated heterocycles. The Balaban J connectivity index is 2.84. The molecule has 0 saturated carbocycles. The molecule has 0 radical (unpaired) electrons. The molecular weight excluding hydrogens is 194 g/mol. The predicted molar refractivity (Wildman–Crippen MR) is 56.7 cm³/mol. The molecule has 1 aromatic rings. The van der Waals surface area contributed by atoms with Gasteiger partial charge in [-0.2, -0.15) is 0 Å². The number of aromatic hydroxyl groups is 1. The third-order valence-electron chi connectivity index (χ3n) is 2.51. The third kappa shape index (κ3) is 2.70. The topological polar surface area (TPSA) is 83.5 Å². The zero-order valence-corrected chi connectivity index (χ0v) is 8.60. The second-order valence-corrected chi connectivity index (χ2v) is 3.66. The number of rotatable bonds is 4. The van der Waals surface area contributed by atoms with Gasteiger partial charge in [-0.05, 0) is 24.1 Å². The van der Waals surface area contributed by atoms with Crippen LogP contribution in [0.2, 0.25) is 0 Å². The second kappa shape index (κ2) is 4.31. The van der Waals surface area contributed by atoms with Crippen molar-refractivity contribution >= 4 is 5.97 Å². The van der Waals surface area contributed by atoms with E-state index in [1.807, 2.05) is 0 Å². The Labute approximate surface area is 88.3 Å². The Morgan fingerprint density at radius 3 is 2.33 bits per heavy atom. The quantitative estimate of drug-likeness (QED) is 0.694. The smallest absolute Gasteiger partial charge is 0.324 e. The van der Waals surface area contributed by atoms with Crippen LogP contribution in [0.3, 0.4) is 0 Å². The van der Waals surface area contributed by atoms with E-state index in [0.717, 1.165) is 5.56 Å². The Morgan fingerprint density at radius 1 is 1.40 bits per heavy atom. The first-order valence-electron chi connectivity index (χ1n) is 4.78. The first-order chi connectivity index (χ1) is 6.98. The van der Waals surface area contributed by atoms with Crippen LogP contribution in [0.25, 0.3) is 0 Å². The van der Waals surface area contributed by atoms with Crippen molar-refractivity contribution in [3.05, 3.63) is 29.8 Å². The Kier molecular flexibility index (Phi) is 3.31. The Hall–Kier alpha value is -1.55. The number of hydrogen-bond donors (Lipinski definition) is 3. The molecule has 0 aliphatic carbocycles. The van der Waals surface area contributed by atoms with Gasteiger partial charge in [-0.1, -0.05) is 19.1 Å². The lowest BCUT2D eigenvalue weighted by Crippen LogP contribution is -2.49. The lowest BCUT2D eigenvalue weighted by atomic mass is 9.89. The Morgan fingerprint density at radius 2 is 1.93 bits per heavy atom. The van der Waals surface area contributed by atoms with Crippen molar-refractivity contribution in [2.45, 2.75) is 25.3 Å². The summed E-state index contributed by atoms with van der Waals surface area (Å²) >= 11 is 0. The van der Waals surface area contributed by atoms with E-state index < -0.39 is 11.5 Å². The van der Waals surface area contributed by atoms with Gasteiger partial charge in [0.2, 0.25) is 0 Å². The standard InChI is InChI=1S/C11H15NO3/c1-2-11(12,10(14)15)7-8-3-5-9(13)6-4-8/h3-6,13H,2,7,12H2,1H3,(H,14,15)/t11-/m0/s1. The summed E-state index contributed by atoms with van der Waals surface area (Å²) < 4.78 is 0. The van der Waals surface area contributed by atoms with Crippen molar-refractivity contribution in [3.63, 3.8) is 0 Å². The molecule has 0 aromatic heterocycles. The molecule has 0 amide bonds. The van der Waals surface area contributed by atoms with E-state index in [1.165, 1.54) is 12.1 Å². The number of carboxylic acids is 1. The average Bonchev–Trinajstić information content (AvgIpc) is 2.21. The lowest BCUT2D eigenvalue weighted by Gasteiger charge is -2.22. The molecule has 0 bridgehead atoms. The molecule has 0 aliphatic rings. The van der Waals surface area contributed by atoms with E-state index in [1.54, 1.807) is 19.1 Å². The van der Waals surface area contributed by atoms with Crippen LogP contribution in [0.5, 0.6) is 5.75 Å². The van der Waals surface area contributed by atoms with Crippen LogP contribution in [0.15, 0.2) is 24.3 Å². The summed E-state index contributed by atoms with van der Waals surface area (Å²) in [6.45, 7) is 1.74. The van der Waals surface area contributed by atoms with E-state index in [0.29, 0.717) is 6.42 Å². The van der Waals surface area contributed by atoms with Crippen LogP contribution in [0.1, 0.15) is 18.9 Å². The van der Waals surface area contributed by atoms with E-state index >= 15 is 0 Å². The maximum atomic E-state index is 10.9. The van der Waals surface area contributed by atoms with Gasteiger partial charge in [-0.15, -0.1) is 0 Å². The van der Waals surface area contributed by atoms with Crippen molar-refractivity contribution in [1.82, 2.24) is 0 Å². The normalized spacial score (nSPS) is 14.5. The van der Waals surface area contributed by atoms with Gasteiger partial charge < -0.3 is 15.9 Å². The van der Waals surface area contributed by atoms with Crippen molar-refractivity contribution in [3.8, 4) is 5.75 Å². The third-order valence-corrected chi connectivity index (χ3v) is 2.51. The van der Waals surface area contributed by atoms with Crippen LogP contribution in [-0.4, -0.2) is 21.7 Å². The van der Waals surface area contributed by atoms with Gasteiger partial charge in [-0.3, -0.25) is 4.79 Å². The molecule has 4 heteroatoms. The van der Waals surface area contributed by atoms with Crippen LogP contribution in [-0.2, 0) is 11.2 Å². The SMILES string of the molecule is CC[C@](N)(Cc1ccc(O)cc1)C(=O)O. The van der Waals surface area contributed by atoms with Crippen LogP contribution >= 0.6 is 0 Å². The van der Waals surface area contributed by atoms with Crippen molar-refractivity contribution in [2.75, 3.05) is 0 Å². The highest BCUT2D eigenvalue weighted by atomic mass is 16.4. The first kappa shape index (κ1) is 11.5. The van der Waals surface area contributed by atoms with Gasteiger partial charge in [0.1, 0.15) is 11.3 Å². The number of phenols is 1. The zero-order valence-electron chi connectivity index (χ0n) is 8.60. The van der Waals surface area contributed by atoms with Crippen molar-refractivity contribution in [2.24, 2.45) is 5.73 Å². The number of benzene rings is 1. The van der Waals surface area contributed by atoms with E-state index in [9.17, 15) is 4.79 Å². The highest BCUT2D eigenvalue weighted by molar-refractivity contribution is 5.78. The number of nitrogens with two attached hydrogens (primary N) is 1. The fourth-order valence-electron chi connectivity index (χ4n) is 1.33. The number of carbonyl (C=O) groups is 1. The van der Waals surface area contributed by atoms with E-state index in [2.05, 4.69) is 0 Å². The number of aliphatic carboxylic acids is 1. The minimum Gasteiger partial charge on any atom is -0.508 e. The molecule has 82 valence electrons. The predicted octanol–water partition coefficient (Wildman–Crippen LogP) is 1.13. The van der Waals surface area contributed by atoms with Gasteiger partial charge in [0, 0.05) is 6.42 Å². The Bertz CT molecular complexity index is 347. The van der Waals surface area contributed by atoms with Crippen molar-refractivity contribution < 1.29 is 15.0 Å². The minimum absolute atomic E-state index is 0.160. The van der Waals surface area contributed by atoms with Crippen LogP contribution in [0.4, 0.5) is 0 Å². The summed E-state index contributed by atoms with van der Waals surface area (Å²) in [5.41, 5.74) is 5.33. The van der Waals surface area contributed by atoms with Gasteiger partial charge in [0.05, 0.1) is 0 Å². The molecule has 0 spiro atoms. The fourth-order valence-corrected chi connectivity index (χ4v) is 1.33. The molecule has 1 rings (SSSR count). The molecule has 0 fully saturated rings. The summed E-state index contributed by atoms with van der Waals surface area (Å²) in [6, 6.07) is 6.39. The summed E-state index contributed by atoms with van der Waals surface area (Å²) in [5, 5.41) is 18.0. The minimum atomic E-state index is -1.23. The number of hydrogen-bond acceptors (Lipinski definition) is 3. The van der Waals surface area contributed by atoms with Crippen LogP contribution in [0, 0.1) is 0 Å². The number of carboxylic acid groups (broad SMARTS) is 1. The molecule has 1 aromatic carbocycles. The maximum Gasteiger partial charge on any atom is 0.324 e. The summed E-state index contributed by atoms with van der Waals surface area (Å²) in [7, 11) is 0. The van der Waals surface area contributed by atoms with Gasteiger partial charge in [0.25, 0.3) is 0 Å². The lowest BCUT2D eigenvalue weighted by molar-refractivity contribution is -0.143. The molecule has 4 nitrogen and oxygen atoms in total. The monoisotopic (exact) mass is 209 g/mol. The van der Waals surface area contributed by atoms with Gasteiger partial charge in [-0.25, -0.2) is 0 Å². The summed E-state index contributed by atoms with van der Waals surface area (Å²) in [5.74, 6) is -0.841. The van der Waals surface area contributed by atoms with E-state index in [-0.39, 0.29) is 12.2 Å². The first-order valence-corrected chi connectivity index (χ1v) is 4.78. The fraction of sp³-hybridized carbons (Fsp3) is 0.364. The van der Waals surface area contributed by atoms with Crippen molar-refractivity contribution in [1.29, 1.82) is 0 Å². The molecule has 0 aliphatic heterocycles. The summed E-state index contributed by atoms with van der Waals surface area (Å²) in [4.78, 5) is 10.9. The molecule has 4 N–H and O–H groups in total. The van der Waals surface area contributed by atoms with Crippen LogP contribution < -0.4 is 5.73 Å². The largest absolute Gasteiger partial charge is 0.508 e. The highest BCUT2D eigenvalue weighted by Gasteiger charge is 2.31. The average molecular weight is 209 g/mol. The second-order valence-electron chi connectivity index (χ2n) is 3.66. The highest BCUT2D eigenvalue weighted by Crippen LogP contribution is 2.17. The zero-order chi connectivity index (χ0) is 11.5. The summed E-state index contributed by atoms with van der Waals surface area (Å²) in [6.07, 6.45) is 0.627. The molecule has 1 atom stereocenters.